The number of aliphatic hydroxyl groups is 1. The third kappa shape index (κ3) is 5.38. The Balaban J connectivity index is 2.30. The molecule has 108 valence electrons. The number of rotatable bonds is 9. The van der Waals surface area contributed by atoms with E-state index in [9.17, 15) is 4.79 Å². The standard InChI is InChI=1S/C13H23N3O3/c1-3-6-11-14-12(19-15-11)7-5-8-13(18)16(4-2)9-10-17/h17H,3-10H2,1-2H3. The number of likely N-dealkylation sites (N-methyl/N-ethyl adjacent to an activating group) is 1. The maximum absolute atomic E-state index is 11.8. The van der Waals surface area contributed by atoms with Crippen molar-refractivity contribution in [1.29, 1.82) is 0 Å². The summed E-state index contributed by atoms with van der Waals surface area (Å²) in [5.41, 5.74) is 0. The molecule has 0 radical (unpaired) electrons. The summed E-state index contributed by atoms with van der Waals surface area (Å²) < 4.78 is 5.11. The first kappa shape index (κ1) is 15.6. The lowest BCUT2D eigenvalue weighted by Gasteiger charge is -2.19. The quantitative estimate of drug-likeness (QED) is 0.728. The number of aromatic nitrogens is 2. The lowest BCUT2D eigenvalue weighted by Crippen LogP contribution is -2.33. The first-order valence-corrected chi connectivity index (χ1v) is 6.91. The minimum absolute atomic E-state index is 0.00359. The zero-order chi connectivity index (χ0) is 14.1. The van der Waals surface area contributed by atoms with Crippen LogP contribution in [0.15, 0.2) is 4.52 Å². The summed E-state index contributed by atoms with van der Waals surface area (Å²) in [5, 5.41) is 12.7. The second kappa shape index (κ2) is 8.63. The number of aliphatic hydroxyl groups excluding tert-OH is 1. The Labute approximate surface area is 113 Å². The van der Waals surface area contributed by atoms with Crippen molar-refractivity contribution in [2.45, 2.75) is 46.0 Å². The highest BCUT2D eigenvalue weighted by Gasteiger charge is 2.12. The van der Waals surface area contributed by atoms with Crippen LogP contribution in [0.1, 0.15) is 44.8 Å². The van der Waals surface area contributed by atoms with Crippen molar-refractivity contribution in [3.05, 3.63) is 11.7 Å². The molecule has 19 heavy (non-hydrogen) atoms. The largest absolute Gasteiger partial charge is 0.395 e. The Kier molecular flexibility index (Phi) is 7.10. The van der Waals surface area contributed by atoms with Gasteiger partial charge >= 0.3 is 0 Å². The Morgan fingerprint density at radius 2 is 2.16 bits per heavy atom. The summed E-state index contributed by atoms with van der Waals surface area (Å²) >= 11 is 0. The highest BCUT2D eigenvalue weighted by Crippen LogP contribution is 2.06. The number of carbonyl (C=O) groups excluding carboxylic acids is 1. The van der Waals surface area contributed by atoms with Gasteiger partial charge in [-0.1, -0.05) is 12.1 Å². The summed E-state index contributed by atoms with van der Waals surface area (Å²) in [5.74, 6) is 1.39. The second-order valence-corrected chi connectivity index (χ2v) is 4.40. The average molecular weight is 269 g/mol. The van der Waals surface area contributed by atoms with Gasteiger partial charge in [-0.25, -0.2) is 0 Å². The predicted molar refractivity (Wildman–Crippen MR) is 70.6 cm³/mol. The van der Waals surface area contributed by atoms with E-state index in [0.29, 0.717) is 38.2 Å². The molecule has 1 aromatic heterocycles. The molecule has 0 spiro atoms. The molecule has 0 aromatic carbocycles. The minimum atomic E-state index is 0.00359. The maximum atomic E-state index is 11.8. The summed E-state index contributed by atoms with van der Waals surface area (Å²) in [4.78, 5) is 17.7. The summed E-state index contributed by atoms with van der Waals surface area (Å²) in [6.07, 6.45) is 3.57. The minimum Gasteiger partial charge on any atom is -0.395 e. The van der Waals surface area contributed by atoms with Crippen LogP contribution in [0.5, 0.6) is 0 Å². The molecule has 1 rings (SSSR count). The van der Waals surface area contributed by atoms with Crippen LogP contribution in [0.4, 0.5) is 0 Å². The molecule has 0 saturated carbocycles. The van der Waals surface area contributed by atoms with Gasteiger partial charge in [-0.2, -0.15) is 4.98 Å². The third-order valence-corrected chi connectivity index (χ3v) is 2.87. The van der Waals surface area contributed by atoms with Gasteiger partial charge < -0.3 is 14.5 Å². The number of aryl methyl sites for hydroxylation is 2. The van der Waals surface area contributed by atoms with E-state index in [4.69, 9.17) is 9.63 Å². The van der Waals surface area contributed by atoms with Crippen molar-refractivity contribution in [3.63, 3.8) is 0 Å². The van der Waals surface area contributed by atoms with Gasteiger partial charge in [0, 0.05) is 32.4 Å². The van der Waals surface area contributed by atoms with Crippen LogP contribution in [0, 0.1) is 0 Å². The van der Waals surface area contributed by atoms with Crippen molar-refractivity contribution >= 4 is 5.91 Å². The number of amides is 1. The molecule has 0 aliphatic heterocycles. The van der Waals surface area contributed by atoms with Crippen LogP contribution in [0.2, 0.25) is 0 Å². The molecule has 0 saturated heterocycles. The molecule has 1 aromatic rings. The van der Waals surface area contributed by atoms with Gasteiger partial charge in [0.2, 0.25) is 11.8 Å². The second-order valence-electron chi connectivity index (χ2n) is 4.40. The number of carbonyl (C=O) groups is 1. The van der Waals surface area contributed by atoms with Crippen molar-refractivity contribution in [3.8, 4) is 0 Å². The fourth-order valence-electron chi connectivity index (χ4n) is 1.85. The highest BCUT2D eigenvalue weighted by atomic mass is 16.5. The van der Waals surface area contributed by atoms with E-state index in [1.54, 1.807) is 4.90 Å². The van der Waals surface area contributed by atoms with Gasteiger partial charge in [-0.05, 0) is 19.8 Å². The lowest BCUT2D eigenvalue weighted by molar-refractivity contribution is -0.131. The Morgan fingerprint density at radius 1 is 1.37 bits per heavy atom. The smallest absolute Gasteiger partial charge is 0.226 e. The van der Waals surface area contributed by atoms with Crippen LogP contribution in [-0.4, -0.2) is 45.8 Å². The van der Waals surface area contributed by atoms with Gasteiger partial charge in [0.25, 0.3) is 0 Å². The molecular weight excluding hydrogens is 246 g/mol. The van der Waals surface area contributed by atoms with Crippen molar-refractivity contribution in [1.82, 2.24) is 15.0 Å². The molecule has 0 aliphatic rings. The van der Waals surface area contributed by atoms with Crippen LogP contribution in [0.3, 0.4) is 0 Å². The molecule has 0 atom stereocenters. The van der Waals surface area contributed by atoms with Crippen LogP contribution < -0.4 is 0 Å². The van der Waals surface area contributed by atoms with Gasteiger partial charge in [0.1, 0.15) is 0 Å². The van der Waals surface area contributed by atoms with Gasteiger partial charge in [0.15, 0.2) is 5.82 Å². The zero-order valence-electron chi connectivity index (χ0n) is 11.8. The Bertz CT molecular complexity index is 379. The van der Waals surface area contributed by atoms with E-state index in [-0.39, 0.29) is 12.5 Å². The molecule has 1 amide bonds. The molecule has 1 N–H and O–H groups in total. The average Bonchev–Trinajstić information content (AvgIpc) is 2.84. The first-order valence-electron chi connectivity index (χ1n) is 6.91. The molecule has 6 heteroatoms. The Hall–Kier alpha value is -1.43. The van der Waals surface area contributed by atoms with E-state index < -0.39 is 0 Å². The summed E-state index contributed by atoms with van der Waals surface area (Å²) in [6, 6.07) is 0. The first-order chi connectivity index (χ1) is 9.21. The molecule has 1 heterocycles. The zero-order valence-corrected chi connectivity index (χ0v) is 11.8. The summed E-state index contributed by atoms with van der Waals surface area (Å²) in [7, 11) is 0. The highest BCUT2D eigenvalue weighted by molar-refractivity contribution is 5.76. The molecule has 0 aliphatic carbocycles. The molecule has 0 fully saturated rings. The fourth-order valence-corrected chi connectivity index (χ4v) is 1.85. The fraction of sp³-hybridized carbons (Fsp3) is 0.769. The van der Waals surface area contributed by atoms with E-state index in [0.717, 1.165) is 18.7 Å². The molecule has 6 nitrogen and oxygen atoms in total. The van der Waals surface area contributed by atoms with E-state index in [2.05, 4.69) is 17.1 Å². The van der Waals surface area contributed by atoms with Crippen LogP contribution >= 0.6 is 0 Å². The third-order valence-electron chi connectivity index (χ3n) is 2.87. The lowest BCUT2D eigenvalue weighted by atomic mass is 10.2. The van der Waals surface area contributed by atoms with Crippen molar-refractivity contribution in [2.75, 3.05) is 19.7 Å². The number of hydrogen-bond acceptors (Lipinski definition) is 5. The van der Waals surface area contributed by atoms with Crippen molar-refractivity contribution < 1.29 is 14.4 Å². The Morgan fingerprint density at radius 3 is 2.79 bits per heavy atom. The molecule has 0 bridgehead atoms. The van der Waals surface area contributed by atoms with Crippen LogP contribution in [-0.2, 0) is 17.6 Å². The maximum Gasteiger partial charge on any atom is 0.226 e. The SMILES string of the molecule is CCCc1noc(CCCC(=O)N(CC)CCO)n1. The van der Waals surface area contributed by atoms with Gasteiger partial charge in [-0.15, -0.1) is 0 Å². The number of hydrogen-bond donors (Lipinski definition) is 1. The summed E-state index contributed by atoms with van der Waals surface area (Å²) in [6.45, 7) is 5.00. The van der Waals surface area contributed by atoms with Crippen molar-refractivity contribution in [2.24, 2.45) is 0 Å². The topological polar surface area (TPSA) is 79.5 Å². The van der Waals surface area contributed by atoms with Crippen LogP contribution in [0.25, 0.3) is 0 Å². The predicted octanol–water partition coefficient (Wildman–Crippen LogP) is 1.19. The molecular formula is C13H23N3O3. The van der Waals surface area contributed by atoms with Gasteiger partial charge in [-0.3, -0.25) is 4.79 Å². The normalized spacial score (nSPS) is 10.7. The molecule has 0 unspecified atom stereocenters. The van der Waals surface area contributed by atoms with Gasteiger partial charge in [0.05, 0.1) is 6.61 Å². The monoisotopic (exact) mass is 269 g/mol. The van der Waals surface area contributed by atoms with E-state index in [1.807, 2.05) is 6.92 Å². The van der Waals surface area contributed by atoms with E-state index in [1.165, 1.54) is 0 Å². The number of nitrogens with zero attached hydrogens (tertiary/aromatic N) is 3. The van der Waals surface area contributed by atoms with E-state index >= 15 is 0 Å².